The van der Waals surface area contributed by atoms with E-state index in [-0.39, 0.29) is 0 Å². The molecule has 0 aliphatic rings. The summed E-state index contributed by atoms with van der Waals surface area (Å²) in [6.07, 6.45) is 2.35. The highest BCUT2D eigenvalue weighted by atomic mass is 32.1. The Kier molecular flexibility index (Phi) is 5.34. The lowest BCUT2D eigenvalue weighted by Crippen LogP contribution is -2.26. The van der Waals surface area contributed by atoms with E-state index in [1.54, 1.807) is 4.88 Å². The lowest BCUT2D eigenvalue weighted by molar-refractivity contribution is 0.416. The second-order valence-electron chi connectivity index (χ2n) is 4.34. The standard InChI is InChI=1S/C13H23NS/c1-5-8-14-12(10(3)4)13-11(6-2)7-9-15-13/h7,9-10,12,14H,5-6,8H2,1-4H3. The minimum atomic E-state index is 0.542. The summed E-state index contributed by atoms with van der Waals surface area (Å²) in [6.45, 7) is 10.2. The van der Waals surface area contributed by atoms with E-state index in [9.17, 15) is 0 Å². The Morgan fingerprint density at radius 2 is 2.07 bits per heavy atom. The number of hydrogen-bond donors (Lipinski definition) is 1. The third kappa shape index (κ3) is 3.32. The summed E-state index contributed by atoms with van der Waals surface area (Å²) in [4.78, 5) is 1.54. The van der Waals surface area contributed by atoms with Gasteiger partial charge in [0.25, 0.3) is 0 Å². The smallest absolute Gasteiger partial charge is 0.0440 e. The number of hydrogen-bond acceptors (Lipinski definition) is 2. The molecule has 1 heterocycles. The summed E-state index contributed by atoms with van der Waals surface area (Å²) in [5.74, 6) is 0.667. The van der Waals surface area contributed by atoms with Gasteiger partial charge in [-0.15, -0.1) is 11.3 Å². The van der Waals surface area contributed by atoms with Crippen LogP contribution in [0.15, 0.2) is 11.4 Å². The molecule has 15 heavy (non-hydrogen) atoms. The second-order valence-corrected chi connectivity index (χ2v) is 5.29. The van der Waals surface area contributed by atoms with Crippen LogP contribution in [0.3, 0.4) is 0 Å². The van der Waals surface area contributed by atoms with Crippen LogP contribution in [0.1, 0.15) is 50.6 Å². The molecule has 0 amide bonds. The predicted molar refractivity (Wildman–Crippen MR) is 69.6 cm³/mol. The lowest BCUT2D eigenvalue weighted by atomic mass is 9.99. The van der Waals surface area contributed by atoms with Crippen molar-refractivity contribution < 1.29 is 0 Å². The zero-order valence-electron chi connectivity index (χ0n) is 10.3. The van der Waals surface area contributed by atoms with Crippen molar-refractivity contribution in [1.29, 1.82) is 0 Å². The highest BCUT2D eigenvalue weighted by Crippen LogP contribution is 2.30. The summed E-state index contributed by atoms with van der Waals surface area (Å²) in [5, 5.41) is 5.88. The van der Waals surface area contributed by atoms with Gasteiger partial charge in [0.1, 0.15) is 0 Å². The summed E-state index contributed by atoms with van der Waals surface area (Å²) >= 11 is 1.90. The van der Waals surface area contributed by atoms with Crippen LogP contribution < -0.4 is 5.32 Å². The van der Waals surface area contributed by atoms with Crippen molar-refractivity contribution in [3.63, 3.8) is 0 Å². The molecule has 0 aromatic carbocycles. The van der Waals surface area contributed by atoms with E-state index < -0.39 is 0 Å². The molecule has 0 saturated carbocycles. The zero-order valence-corrected chi connectivity index (χ0v) is 11.2. The molecule has 0 aliphatic heterocycles. The molecule has 1 nitrogen and oxygen atoms in total. The largest absolute Gasteiger partial charge is 0.309 e. The van der Waals surface area contributed by atoms with Gasteiger partial charge < -0.3 is 5.32 Å². The van der Waals surface area contributed by atoms with Crippen molar-refractivity contribution in [2.45, 2.75) is 46.6 Å². The third-order valence-corrected chi connectivity index (χ3v) is 3.77. The van der Waals surface area contributed by atoms with E-state index >= 15 is 0 Å². The first-order valence-electron chi connectivity index (χ1n) is 6.00. The number of thiophene rings is 1. The molecule has 0 spiro atoms. The Hall–Kier alpha value is -0.340. The second kappa shape index (κ2) is 6.29. The molecule has 0 aliphatic carbocycles. The Bertz CT molecular complexity index is 278. The van der Waals surface area contributed by atoms with Crippen LogP contribution in [0, 0.1) is 5.92 Å². The van der Waals surface area contributed by atoms with Crippen molar-refractivity contribution in [1.82, 2.24) is 5.32 Å². The lowest BCUT2D eigenvalue weighted by Gasteiger charge is -2.22. The predicted octanol–water partition coefficient (Wildman–Crippen LogP) is 4.01. The summed E-state index contributed by atoms with van der Waals surface area (Å²) in [7, 11) is 0. The van der Waals surface area contributed by atoms with Crippen LogP contribution in [-0.4, -0.2) is 6.54 Å². The van der Waals surface area contributed by atoms with Gasteiger partial charge in [-0.05, 0) is 42.3 Å². The van der Waals surface area contributed by atoms with Gasteiger partial charge in [0.2, 0.25) is 0 Å². The molecule has 1 atom stereocenters. The van der Waals surface area contributed by atoms with Gasteiger partial charge in [0.05, 0.1) is 0 Å². The van der Waals surface area contributed by atoms with Gasteiger partial charge in [-0.25, -0.2) is 0 Å². The summed E-state index contributed by atoms with van der Waals surface area (Å²) in [5.41, 5.74) is 1.52. The van der Waals surface area contributed by atoms with Crippen molar-refractivity contribution in [3.8, 4) is 0 Å². The molecule has 1 N–H and O–H groups in total. The molecule has 1 aromatic rings. The first kappa shape index (κ1) is 12.7. The average molecular weight is 225 g/mol. The highest BCUT2D eigenvalue weighted by molar-refractivity contribution is 7.10. The van der Waals surface area contributed by atoms with Gasteiger partial charge in [0, 0.05) is 10.9 Å². The Labute approximate surface area is 97.9 Å². The molecule has 0 saturated heterocycles. The van der Waals surface area contributed by atoms with Gasteiger partial charge in [-0.2, -0.15) is 0 Å². The highest BCUT2D eigenvalue weighted by Gasteiger charge is 2.18. The van der Waals surface area contributed by atoms with Gasteiger partial charge in [-0.1, -0.05) is 27.7 Å². The van der Waals surface area contributed by atoms with Crippen LogP contribution in [0.25, 0.3) is 0 Å². The van der Waals surface area contributed by atoms with Crippen LogP contribution in [0.5, 0.6) is 0 Å². The van der Waals surface area contributed by atoms with Crippen molar-refractivity contribution in [2.75, 3.05) is 6.54 Å². The average Bonchev–Trinajstić information content (AvgIpc) is 2.66. The van der Waals surface area contributed by atoms with Crippen LogP contribution in [0.2, 0.25) is 0 Å². The molecule has 1 aromatic heterocycles. The maximum absolute atomic E-state index is 3.66. The molecular formula is C13H23NS. The van der Waals surface area contributed by atoms with E-state index in [1.165, 1.54) is 12.0 Å². The van der Waals surface area contributed by atoms with Crippen LogP contribution in [-0.2, 0) is 6.42 Å². The van der Waals surface area contributed by atoms with Gasteiger partial charge >= 0.3 is 0 Å². The number of rotatable bonds is 6. The monoisotopic (exact) mass is 225 g/mol. The minimum Gasteiger partial charge on any atom is -0.309 e. The van der Waals surface area contributed by atoms with Crippen molar-refractivity contribution in [3.05, 3.63) is 21.9 Å². The van der Waals surface area contributed by atoms with E-state index in [4.69, 9.17) is 0 Å². The fraction of sp³-hybridized carbons (Fsp3) is 0.692. The van der Waals surface area contributed by atoms with Gasteiger partial charge in [0.15, 0.2) is 0 Å². The van der Waals surface area contributed by atoms with E-state index in [1.807, 2.05) is 11.3 Å². The molecule has 1 rings (SSSR count). The normalized spacial score (nSPS) is 13.4. The Morgan fingerprint density at radius 3 is 2.60 bits per heavy atom. The summed E-state index contributed by atoms with van der Waals surface area (Å²) < 4.78 is 0. The maximum atomic E-state index is 3.66. The Morgan fingerprint density at radius 1 is 1.33 bits per heavy atom. The van der Waals surface area contributed by atoms with E-state index in [0.29, 0.717) is 12.0 Å². The first-order chi connectivity index (χ1) is 7.20. The molecule has 0 radical (unpaired) electrons. The van der Waals surface area contributed by atoms with Crippen LogP contribution in [0.4, 0.5) is 0 Å². The number of nitrogens with one attached hydrogen (secondary N) is 1. The maximum Gasteiger partial charge on any atom is 0.0440 e. The molecule has 2 heteroatoms. The van der Waals surface area contributed by atoms with Gasteiger partial charge in [-0.3, -0.25) is 0 Å². The third-order valence-electron chi connectivity index (χ3n) is 2.73. The number of aryl methyl sites for hydroxylation is 1. The molecular weight excluding hydrogens is 202 g/mol. The topological polar surface area (TPSA) is 12.0 Å². The van der Waals surface area contributed by atoms with E-state index in [2.05, 4.69) is 44.5 Å². The minimum absolute atomic E-state index is 0.542. The van der Waals surface area contributed by atoms with Crippen molar-refractivity contribution >= 4 is 11.3 Å². The molecule has 0 fully saturated rings. The van der Waals surface area contributed by atoms with Crippen molar-refractivity contribution in [2.24, 2.45) is 5.92 Å². The first-order valence-corrected chi connectivity index (χ1v) is 6.88. The molecule has 1 unspecified atom stereocenters. The molecule has 0 bridgehead atoms. The summed E-state index contributed by atoms with van der Waals surface area (Å²) in [6, 6.07) is 2.81. The zero-order chi connectivity index (χ0) is 11.3. The van der Waals surface area contributed by atoms with Crippen LogP contribution >= 0.6 is 11.3 Å². The fourth-order valence-corrected chi connectivity index (χ4v) is 3.09. The quantitative estimate of drug-likeness (QED) is 0.771. The SMILES string of the molecule is CCCNC(c1sccc1CC)C(C)C. The van der Waals surface area contributed by atoms with E-state index in [0.717, 1.165) is 13.0 Å². The Balaban J connectivity index is 2.78. The molecule has 86 valence electrons. The fourth-order valence-electron chi connectivity index (χ4n) is 1.84.